The van der Waals surface area contributed by atoms with Gasteiger partial charge in [-0.1, -0.05) is 0 Å². The quantitative estimate of drug-likeness (QED) is 0.475. The van der Waals surface area contributed by atoms with Crippen molar-refractivity contribution in [3.05, 3.63) is 59.7 Å². The summed E-state index contributed by atoms with van der Waals surface area (Å²) in [6.45, 7) is 0.188. The summed E-state index contributed by atoms with van der Waals surface area (Å²) < 4.78 is 10.8. The maximum Gasteiger partial charge on any atom is 0.193 e. The summed E-state index contributed by atoms with van der Waals surface area (Å²) in [5.41, 5.74) is 1.03. The van der Waals surface area contributed by atoms with Gasteiger partial charge in [0, 0.05) is 11.1 Å². The number of benzene rings is 2. The molecule has 26 heavy (non-hydrogen) atoms. The zero-order valence-electron chi connectivity index (χ0n) is 14.0. The Labute approximate surface area is 162 Å². The minimum atomic E-state index is -0.732. The third-order valence-corrected chi connectivity index (χ3v) is 4.19. The fraction of sp³-hybridized carbons (Fsp3) is 0.316. The van der Waals surface area contributed by atoms with Gasteiger partial charge in [-0.2, -0.15) is 0 Å². The van der Waals surface area contributed by atoms with Crippen LogP contribution in [-0.2, 0) is 0 Å². The molecule has 0 spiro atoms. The van der Waals surface area contributed by atoms with Crippen LogP contribution < -0.4 is 9.47 Å². The lowest BCUT2D eigenvalue weighted by molar-refractivity contribution is 0.103. The molecular formula is C19H20Cl2O5. The van der Waals surface area contributed by atoms with Gasteiger partial charge in [0.15, 0.2) is 5.78 Å². The van der Waals surface area contributed by atoms with E-state index in [1.807, 2.05) is 0 Å². The molecule has 140 valence electrons. The van der Waals surface area contributed by atoms with Gasteiger partial charge in [0.2, 0.25) is 0 Å². The Morgan fingerprint density at radius 2 is 1.12 bits per heavy atom. The smallest absolute Gasteiger partial charge is 0.193 e. The molecule has 0 aliphatic carbocycles. The molecule has 0 heterocycles. The molecule has 2 aromatic rings. The van der Waals surface area contributed by atoms with E-state index in [1.54, 1.807) is 48.5 Å². The van der Waals surface area contributed by atoms with Crippen molar-refractivity contribution in [3.8, 4) is 11.5 Å². The molecule has 0 saturated heterocycles. The van der Waals surface area contributed by atoms with Gasteiger partial charge in [0.25, 0.3) is 0 Å². The largest absolute Gasteiger partial charge is 0.491 e. The summed E-state index contributed by atoms with van der Waals surface area (Å²) in [6, 6.07) is 13.3. The van der Waals surface area contributed by atoms with Gasteiger partial charge in [-0.05, 0) is 48.5 Å². The Hall–Kier alpha value is -1.79. The molecule has 2 aromatic carbocycles. The van der Waals surface area contributed by atoms with Gasteiger partial charge in [0.05, 0.1) is 11.8 Å². The highest BCUT2D eigenvalue weighted by Crippen LogP contribution is 2.18. The molecule has 0 amide bonds. The molecule has 0 aliphatic heterocycles. The Morgan fingerprint density at radius 3 is 1.42 bits per heavy atom. The third kappa shape index (κ3) is 6.18. The maximum absolute atomic E-state index is 12.5. The lowest BCUT2D eigenvalue weighted by Gasteiger charge is -2.11. The number of aliphatic hydroxyl groups is 2. The summed E-state index contributed by atoms with van der Waals surface area (Å²) in [6.07, 6.45) is -1.46. The number of ketones is 1. The zero-order chi connectivity index (χ0) is 18.9. The SMILES string of the molecule is O=C(c1ccc(OCC(O)CCl)cc1)c1ccc(OCC(O)CCl)cc1. The van der Waals surface area contributed by atoms with Crippen LogP contribution in [0.1, 0.15) is 15.9 Å². The van der Waals surface area contributed by atoms with E-state index in [4.69, 9.17) is 32.7 Å². The van der Waals surface area contributed by atoms with Gasteiger partial charge >= 0.3 is 0 Å². The first-order valence-corrected chi connectivity index (χ1v) is 9.09. The molecule has 0 saturated carbocycles. The van der Waals surface area contributed by atoms with Crippen molar-refractivity contribution in [1.82, 2.24) is 0 Å². The predicted octanol–water partition coefficient (Wildman–Crippen LogP) is 2.87. The minimum Gasteiger partial charge on any atom is -0.491 e. The second kappa shape index (κ2) is 10.4. The zero-order valence-corrected chi connectivity index (χ0v) is 15.5. The van der Waals surface area contributed by atoms with Crippen molar-refractivity contribution in [3.63, 3.8) is 0 Å². The lowest BCUT2D eigenvalue weighted by atomic mass is 10.0. The number of hydrogen-bond donors (Lipinski definition) is 2. The number of hydrogen-bond acceptors (Lipinski definition) is 5. The van der Waals surface area contributed by atoms with Crippen LogP contribution in [0.5, 0.6) is 11.5 Å². The molecule has 0 radical (unpaired) electrons. The van der Waals surface area contributed by atoms with Crippen LogP contribution in [0.4, 0.5) is 0 Å². The van der Waals surface area contributed by atoms with Gasteiger partial charge in [-0.15, -0.1) is 23.2 Å². The second-order valence-corrected chi connectivity index (χ2v) is 6.23. The van der Waals surface area contributed by atoms with Crippen LogP contribution in [0.3, 0.4) is 0 Å². The molecular weight excluding hydrogens is 379 g/mol. The Kier molecular flexibility index (Phi) is 8.19. The standard InChI is InChI=1S/C19H20Cl2O5/c20-9-15(22)11-25-17-5-1-13(2-6-17)19(24)14-3-7-18(8-4-14)26-12-16(23)10-21/h1-8,15-16,22-23H,9-12H2. The predicted molar refractivity (Wildman–Crippen MR) is 101 cm³/mol. The first-order chi connectivity index (χ1) is 12.5. The van der Waals surface area contributed by atoms with Crippen molar-refractivity contribution in [2.45, 2.75) is 12.2 Å². The van der Waals surface area contributed by atoms with Gasteiger partial charge in [-0.3, -0.25) is 4.79 Å². The van der Waals surface area contributed by atoms with E-state index in [0.717, 1.165) is 0 Å². The Balaban J connectivity index is 1.95. The number of aliphatic hydroxyl groups excluding tert-OH is 2. The lowest BCUT2D eigenvalue weighted by Crippen LogP contribution is -2.18. The number of rotatable bonds is 10. The number of carbonyl (C=O) groups excluding carboxylic acids is 1. The van der Waals surface area contributed by atoms with E-state index >= 15 is 0 Å². The van der Waals surface area contributed by atoms with Crippen LogP contribution in [0, 0.1) is 0 Å². The van der Waals surface area contributed by atoms with E-state index in [2.05, 4.69) is 0 Å². The highest BCUT2D eigenvalue weighted by Gasteiger charge is 2.10. The van der Waals surface area contributed by atoms with E-state index < -0.39 is 12.2 Å². The maximum atomic E-state index is 12.5. The Bertz CT molecular complexity index is 629. The van der Waals surface area contributed by atoms with Crippen LogP contribution in [0.25, 0.3) is 0 Å². The van der Waals surface area contributed by atoms with Crippen LogP contribution in [-0.4, -0.2) is 53.2 Å². The monoisotopic (exact) mass is 398 g/mol. The van der Waals surface area contributed by atoms with Crippen molar-refractivity contribution >= 4 is 29.0 Å². The molecule has 0 bridgehead atoms. The molecule has 2 N–H and O–H groups in total. The molecule has 0 aromatic heterocycles. The first kappa shape index (κ1) is 20.5. The van der Waals surface area contributed by atoms with Gasteiger partial charge in [-0.25, -0.2) is 0 Å². The van der Waals surface area contributed by atoms with E-state index in [1.165, 1.54) is 0 Å². The summed E-state index contributed by atoms with van der Waals surface area (Å²) in [7, 11) is 0. The molecule has 5 nitrogen and oxygen atoms in total. The van der Waals surface area contributed by atoms with Crippen molar-refractivity contribution in [2.24, 2.45) is 0 Å². The van der Waals surface area contributed by atoms with E-state index in [9.17, 15) is 15.0 Å². The normalized spacial score (nSPS) is 13.1. The minimum absolute atomic E-state index is 0.0939. The fourth-order valence-corrected chi connectivity index (χ4v) is 2.22. The number of ether oxygens (including phenoxy) is 2. The molecule has 2 atom stereocenters. The number of halogens is 2. The summed E-state index contributed by atoms with van der Waals surface area (Å²) in [5, 5.41) is 18.7. The summed E-state index contributed by atoms with van der Waals surface area (Å²) >= 11 is 11.0. The molecule has 7 heteroatoms. The second-order valence-electron chi connectivity index (χ2n) is 5.62. The topological polar surface area (TPSA) is 76.0 Å². The number of alkyl halides is 2. The van der Waals surface area contributed by atoms with Crippen molar-refractivity contribution in [1.29, 1.82) is 0 Å². The van der Waals surface area contributed by atoms with Gasteiger partial charge < -0.3 is 19.7 Å². The van der Waals surface area contributed by atoms with E-state index in [-0.39, 0.29) is 30.8 Å². The third-order valence-electron chi connectivity index (χ3n) is 3.47. The fourth-order valence-electron chi connectivity index (χ4n) is 2.05. The first-order valence-electron chi connectivity index (χ1n) is 8.02. The van der Waals surface area contributed by atoms with Crippen LogP contribution in [0.15, 0.2) is 48.5 Å². The average molecular weight is 399 g/mol. The van der Waals surface area contributed by atoms with Gasteiger partial charge in [0.1, 0.15) is 36.9 Å². The Morgan fingerprint density at radius 1 is 0.769 bits per heavy atom. The van der Waals surface area contributed by atoms with Crippen molar-refractivity contribution < 1.29 is 24.5 Å². The van der Waals surface area contributed by atoms with Crippen LogP contribution >= 0.6 is 23.2 Å². The highest BCUT2D eigenvalue weighted by atomic mass is 35.5. The summed E-state index contributed by atoms with van der Waals surface area (Å²) in [4.78, 5) is 12.5. The van der Waals surface area contributed by atoms with E-state index in [0.29, 0.717) is 22.6 Å². The van der Waals surface area contributed by atoms with Crippen LogP contribution in [0.2, 0.25) is 0 Å². The highest BCUT2D eigenvalue weighted by molar-refractivity contribution is 6.18. The molecule has 2 unspecified atom stereocenters. The van der Waals surface area contributed by atoms with Crippen molar-refractivity contribution in [2.75, 3.05) is 25.0 Å². The molecule has 0 aliphatic rings. The molecule has 2 rings (SSSR count). The number of carbonyl (C=O) groups is 1. The average Bonchev–Trinajstić information content (AvgIpc) is 2.70. The summed E-state index contributed by atoms with van der Waals surface area (Å²) in [5.74, 6) is 1.16. The molecule has 0 fully saturated rings.